The summed E-state index contributed by atoms with van der Waals surface area (Å²) in [5.74, 6) is 0.0996. The molecule has 18 heavy (non-hydrogen) atoms. The average Bonchev–Trinajstić information content (AvgIpc) is 2.38. The van der Waals surface area contributed by atoms with Crippen molar-refractivity contribution in [2.75, 3.05) is 13.1 Å². The van der Waals surface area contributed by atoms with Crippen LogP contribution in [0.5, 0.6) is 0 Å². The molecule has 0 aromatic carbocycles. The van der Waals surface area contributed by atoms with Gasteiger partial charge in [0, 0.05) is 31.4 Å². The van der Waals surface area contributed by atoms with Gasteiger partial charge in [-0.15, -0.1) is 0 Å². The number of aromatic nitrogens is 1. The normalized spacial score (nSPS) is 18.7. The fraction of sp³-hybridized carbons (Fsp3) is 0.571. The maximum atomic E-state index is 12.3. The fourth-order valence-electron chi connectivity index (χ4n) is 2.22. The van der Waals surface area contributed by atoms with E-state index >= 15 is 0 Å². The molecule has 1 saturated heterocycles. The standard InChI is InChI=1S/C14H21N3O/c1-14(2)4-7-17(8-5-14)13(18)11-3-6-16-12(9-11)10-15/h3,6,9H,4-5,7-8,10,15H2,1-2H3. The minimum Gasteiger partial charge on any atom is -0.339 e. The van der Waals surface area contributed by atoms with Gasteiger partial charge in [0.15, 0.2) is 0 Å². The van der Waals surface area contributed by atoms with Gasteiger partial charge in [-0.1, -0.05) is 13.8 Å². The summed E-state index contributed by atoms with van der Waals surface area (Å²) in [6.07, 6.45) is 3.78. The van der Waals surface area contributed by atoms with E-state index in [1.54, 1.807) is 18.3 Å². The lowest BCUT2D eigenvalue weighted by Crippen LogP contribution is -2.41. The number of nitrogens with zero attached hydrogens (tertiary/aromatic N) is 2. The van der Waals surface area contributed by atoms with Crippen LogP contribution in [-0.4, -0.2) is 28.9 Å². The summed E-state index contributed by atoms with van der Waals surface area (Å²) in [5.41, 5.74) is 7.37. The highest BCUT2D eigenvalue weighted by Crippen LogP contribution is 2.30. The van der Waals surface area contributed by atoms with Crippen molar-refractivity contribution < 1.29 is 4.79 Å². The summed E-state index contributed by atoms with van der Waals surface area (Å²) in [6.45, 7) is 6.56. The number of nitrogens with two attached hydrogens (primary N) is 1. The van der Waals surface area contributed by atoms with Gasteiger partial charge in [-0.05, 0) is 30.4 Å². The molecule has 1 amide bonds. The molecule has 2 heterocycles. The highest BCUT2D eigenvalue weighted by Gasteiger charge is 2.28. The van der Waals surface area contributed by atoms with Crippen LogP contribution < -0.4 is 5.73 Å². The Balaban J connectivity index is 2.07. The molecule has 0 unspecified atom stereocenters. The van der Waals surface area contributed by atoms with Crippen LogP contribution in [-0.2, 0) is 6.54 Å². The number of likely N-dealkylation sites (tertiary alicyclic amines) is 1. The second kappa shape index (κ2) is 5.06. The summed E-state index contributed by atoms with van der Waals surface area (Å²) >= 11 is 0. The first-order valence-electron chi connectivity index (χ1n) is 6.46. The topological polar surface area (TPSA) is 59.2 Å². The average molecular weight is 247 g/mol. The minimum absolute atomic E-state index is 0.0996. The van der Waals surface area contributed by atoms with E-state index in [-0.39, 0.29) is 5.91 Å². The van der Waals surface area contributed by atoms with Crippen LogP contribution in [0, 0.1) is 5.41 Å². The third kappa shape index (κ3) is 2.88. The van der Waals surface area contributed by atoms with Gasteiger partial charge in [0.1, 0.15) is 0 Å². The molecule has 0 radical (unpaired) electrons. The van der Waals surface area contributed by atoms with Crippen LogP contribution in [0.15, 0.2) is 18.3 Å². The molecule has 1 aliphatic rings. The molecule has 0 atom stereocenters. The highest BCUT2D eigenvalue weighted by atomic mass is 16.2. The van der Waals surface area contributed by atoms with Gasteiger partial charge < -0.3 is 10.6 Å². The van der Waals surface area contributed by atoms with Crippen LogP contribution in [0.25, 0.3) is 0 Å². The molecule has 0 spiro atoms. The van der Waals surface area contributed by atoms with Crippen LogP contribution in [0.3, 0.4) is 0 Å². The SMILES string of the molecule is CC1(C)CCN(C(=O)c2ccnc(CN)c2)CC1. The highest BCUT2D eigenvalue weighted by molar-refractivity contribution is 5.94. The maximum absolute atomic E-state index is 12.3. The monoisotopic (exact) mass is 247 g/mol. The zero-order chi connectivity index (χ0) is 13.2. The third-order valence-corrected chi connectivity index (χ3v) is 3.68. The van der Waals surface area contributed by atoms with Crippen LogP contribution in [0.1, 0.15) is 42.7 Å². The molecule has 2 N–H and O–H groups in total. The summed E-state index contributed by atoms with van der Waals surface area (Å²) < 4.78 is 0. The van der Waals surface area contributed by atoms with Gasteiger partial charge in [-0.3, -0.25) is 9.78 Å². The van der Waals surface area contributed by atoms with Gasteiger partial charge in [-0.25, -0.2) is 0 Å². The van der Waals surface area contributed by atoms with E-state index in [0.29, 0.717) is 17.5 Å². The molecule has 0 saturated carbocycles. The molecule has 98 valence electrons. The maximum Gasteiger partial charge on any atom is 0.253 e. The number of rotatable bonds is 2. The lowest BCUT2D eigenvalue weighted by Gasteiger charge is -2.37. The lowest BCUT2D eigenvalue weighted by molar-refractivity contribution is 0.0630. The van der Waals surface area contributed by atoms with Gasteiger partial charge in [-0.2, -0.15) is 0 Å². The van der Waals surface area contributed by atoms with E-state index in [4.69, 9.17) is 5.73 Å². The number of carbonyl (C=O) groups is 1. The minimum atomic E-state index is 0.0996. The number of hydrogen-bond acceptors (Lipinski definition) is 3. The molecule has 4 nitrogen and oxygen atoms in total. The van der Waals surface area contributed by atoms with E-state index in [9.17, 15) is 4.79 Å². The molecule has 2 rings (SSSR count). The predicted octanol–water partition coefficient (Wildman–Crippen LogP) is 1.80. The Bertz CT molecular complexity index is 432. The Hall–Kier alpha value is -1.42. The van der Waals surface area contributed by atoms with E-state index < -0.39 is 0 Å². The van der Waals surface area contributed by atoms with E-state index in [0.717, 1.165) is 31.6 Å². The van der Waals surface area contributed by atoms with E-state index in [1.165, 1.54) is 0 Å². The van der Waals surface area contributed by atoms with Gasteiger partial charge in [0.05, 0.1) is 5.69 Å². The molecule has 1 aromatic rings. The first kappa shape index (κ1) is 13.0. The van der Waals surface area contributed by atoms with Crippen molar-refractivity contribution in [3.63, 3.8) is 0 Å². The first-order valence-corrected chi connectivity index (χ1v) is 6.46. The van der Waals surface area contributed by atoms with Crippen LogP contribution in [0.2, 0.25) is 0 Å². The van der Waals surface area contributed by atoms with Crippen molar-refractivity contribution in [2.45, 2.75) is 33.2 Å². The molecular formula is C14H21N3O. The lowest BCUT2D eigenvalue weighted by atomic mass is 9.82. The fourth-order valence-corrected chi connectivity index (χ4v) is 2.22. The molecular weight excluding hydrogens is 226 g/mol. The van der Waals surface area contributed by atoms with Gasteiger partial charge >= 0.3 is 0 Å². The van der Waals surface area contributed by atoms with Crippen LogP contribution >= 0.6 is 0 Å². The molecule has 1 aliphatic heterocycles. The van der Waals surface area contributed by atoms with Crippen molar-refractivity contribution in [1.29, 1.82) is 0 Å². The molecule has 1 aromatic heterocycles. The zero-order valence-electron chi connectivity index (χ0n) is 11.1. The third-order valence-electron chi connectivity index (χ3n) is 3.68. The van der Waals surface area contributed by atoms with Crippen molar-refractivity contribution >= 4 is 5.91 Å². The number of hydrogen-bond donors (Lipinski definition) is 1. The number of piperidine rings is 1. The van der Waals surface area contributed by atoms with Crippen molar-refractivity contribution in [2.24, 2.45) is 11.1 Å². The largest absolute Gasteiger partial charge is 0.339 e. The molecule has 1 fully saturated rings. The summed E-state index contributed by atoms with van der Waals surface area (Å²) in [6, 6.07) is 3.56. The Kier molecular flexibility index (Phi) is 3.66. The Labute approximate surface area is 108 Å². The quantitative estimate of drug-likeness (QED) is 0.867. The molecule has 4 heteroatoms. The van der Waals surface area contributed by atoms with Gasteiger partial charge in [0.25, 0.3) is 5.91 Å². The Morgan fingerprint density at radius 1 is 1.44 bits per heavy atom. The number of pyridine rings is 1. The summed E-state index contributed by atoms with van der Waals surface area (Å²) in [4.78, 5) is 18.4. The number of carbonyl (C=O) groups excluding carboxylic acids is 1. The van der Waals surface area contributed by atoms with Gasteiger partial charge in [0.2, 0.25) is 0 Å². The van der Waals surface area contributed by atoms with E-state index in [2.05, 4.69) is 18.8 Å². The summed E-state index contributed by atoms with van der Waals surface area (Å²) in [5, 5.41) is 0. The van der Waals surface area contributed by atoms with Crippen molar-refractivity contribution in [1.82, 2.24) is 9.88 Å². The van der Waals surface area contributed by atoms with Crippen molar-refractivity contribution in [3.05, 3.63) is 29.6 Å². The van der Waals surface area contributed by atoms with Crippen LogP contribution in [0.4, 0.5) is 0 Å². The first-order chi connectivity index (χ1) is 8.52. The second-order valence-corrected chi connectivity index (χ2v) is 5.70. The predicted molar refractivity (Wildman–Crippen MR) is 71.0 cm³/mol. The Morgan fingerprint density at radius 3 is 2.72 bits per heavy atom. The number of amides is 1. The zero-order valence-corrected chi connectivity index (χ0v) is 11.1. The van der Waals surface area contributed by atoms with E-state index in [1.807, 2.05) is 4.90 Å². The smallest absolute Gasteiger partial charge is 0.253 e. The summed E-state index contributed by atoms with van der Waals surface area (Å²) in [7, 11) is 0. The molecule has 0 bridgehead atoms. The Morgan fingerprint density at radius 2 is 2.11 bits per heavy atom. The molecule has 0 aliphatic carbocycles. The second-order valence-electron chi connectivity index (χ2n) is 5.70. The van der Waals surface area contributed by atoms with Crippen molar-refractivity contribution in [3.8, 4) is 0 Å².